The minimum Gasteiger partial charge on any atom is -0.381 e. The summed E-state index contributed by atoms with van der Waals surface area (Å²) in [5, 5.41) is 4.04. The molecule has 0 aliphatic carbocycles. The summed E-state index contributed by atoms with van der Waals surface area (Å²) < 4.78 is 5.71. The molecule has 2 nitrogen and oxygen atoms in total. The van der Waals surface area contributed by atoms with E-state index >= 15 is 0 Å². The van der Waals surface area contributed by atoms with E-state index in [1.165, 1.54) is 5.56 Å². The Hall–Kier alpha value is -0.570. The maximum absolute atomic E-state index is 5.93. The highest BCUT2D eigenvalue weighted by Crippen LogP contribution is 2.21. The van der Waals surface area contributed by atoms with Crippen molar-refractivity contribution in [2.75, 3.05) is 26.8 Å². The zero-order valence-corrected chi connectivity index (χ0v) is 13.0. The highest BCUT2D eigenvalue weighted by molar-refractivity contribution is 6.30. The van der Waals surface area contributed by atoms with E-state index in [2.05, 4.69) is 31.3 Å². The summed E-state index contributed by atoms with van der Waals surface area (Å²) in [6.07, 6.45) is 2.18. The molecule has 0 aliphatic rings. The van der Waals surface area contributed by atoms with Gasteiger partial charge in [0.15, 0.2) is 0 Å². The molecule has 0 saturated heterocycles. The molecule has 0 bridgehead atoms. The zero-order valence-electron chi connectivity index (χ0n) is 12.3. The zero-order chi connectivity index (χ0) is 14.1. The predicted octanol–water partition coefficient (Wildman–Crippen LogP) is 4.10. The average Bonchev–Trinajstić information content (AvgIpc) is 2.38. The summed E-state index contributed by atoms with van der Waals surface area (Å²) in [6.45, 7) is 7.10. The van der Waals surface area contributed by atoms with Crippen LogP contribution in [0, 0.1) is 5.92 Å². The molecule has 0 aromatic heterocycles. The van der Waals surface area contributed by atoms with E-state index in [1.807, 2.05) is 19.2 Å². The molecule has 0 radical (unpaired) electrons. The van der Waals surface area contributed by atoms with Gasteiger partial charge in [-0.3, -0.25) is 0 Å². The molecule has 1 N–H and O–H groups in total. The van der Waals surface area contributed by atoms with Gasteiger partial charge in [0.25, 0.3) is 0 Å². The van der Waals surface area contributed by atoms with Crippen molar-refractivity contribution in [2.45, 2.75) is 32.6 Å². The van der Waals surface area contributed by atoms with Crippen molar-refractivity contribution in [3.63, 3.8) is 0 Å². The highest BCUT2D eigenvalue weighted by atomic mass is 35.5. The minimum atomic E-state index is 0.487. The van der Waals surface area contributed by atoms with Crippen LogP contribution in [0.2, 0.25) is 5.02 Å². The van der Waals surface area contributed by atoms with Gasteiger partial charge >= 0.3 is 0 Å². The minimum absolute atomic E-state index is 0.487. The first-order valence-electron chi connectivity index (χ1n) is 7.11. The molecule has 0 amide bonds. The lowest BCUT2D eigenvalue weighted by atomic mass is 9.96. The Labute approximate surface area is 122 Å². The second kappa shape index (κ2) is 9.35. The van der Waals surface area contributed by atoms with Gasteiger partial charge in [0.05, 0.1) is 0 Å². The van der Waals surface area contributed by atoms with E-state index < -0.39 is 0 Å². The number of nitrogens with one attached hydrogen (secondary N) is 1. The van der Waals surface area contributed by atoms with Gasteiger partial charge < -0.3 is 10.1 Å². The number of halogens is 1. The fraction of sp³-hybridized carbons (Fsp3) is 0.625. The fourth-order valence-corrected chi connectivity index (χ4v) is 2.14. The van der Waals surface area contributed by atoms with Crippen molar-refractivity contribution >= 4 is 11.6 Å². The molecule has 0 saturated carbocycles. The van der Waals surface area contributed by atoms with E-state index in [-0.39, 0.29) is 0 Å². The van der Waals surface area contributed by atoms with Crippen LogP contribution in [-0.2, 0) is 4.74 Å². The number of hydrogen-bond donors (Lipinski definition) is 1. The van der Waals surface area contributed by atoms with Crippen LogP contribution in [0.1, 0.15) is 38.2 Å². The molecule has 19 heavy (non-hydrogen) atoms. The molecule has 108 valence electrons. The van der Waals surface area contributed by atoms with E-state index in [1.54, 1.807) is 0 Å². The van der Waals surface area contributed by atoms with Crippen LogP contribution in [-0.4, -0.2) is 26.8 Å². The van der Waals surface area contributed by atoms with Gasteiger partial charge in [-0.05, 0) is 49.4 Å². The third kappa shape index (κ3) is 6.95. The number of ether oxygens (including phenoxy) is 1. The largest absolute Gasteiger partial charge is 0.381 e. The lowest BCUT2D eigenvalue weighted by Gasteiger charge is -2.17. The normalized spacial score (nSPS) is 12.9. The maximum Gasteiger partial charge on any atom is 0.0472 e. The summed E-state index contributed by atoms with van der Waals surface area (Å²) >= 11 is 5.93. The lowest BCUT2D eigenvalue weighted by molar-refractivity contribution is 0.117. The molecule has 0 aliphatic heterocycles. The Balaban J connectivity index is 2.38. The van der Waals surface area contributed by atoms with Crippen molar-refractivity contribution < 1.29 is 4.74 Å². The molecule has 1 aromatic rings. The molecular weight excluding hydrogens is 258 g/mol. The Kier molecular flexibility index (Phi) is 8.11. The molecule has 0 heterocycles. The first-order chi connectivity index (χ1) is 9.13. The van der Waals surface area contributed by atoms with Crippen molar-refractivity contribution in [2.24, 2.45) is 5.92 Å². The van der Waals surface area contributed by atoms with Crippen LogP contribution in [0.25, 0.3) is 0 Å². The predicted molar refractivity (Wildman–Crippen MR) is 83.0 cm³/mol. The van der Waals surface area contributed by atoms with E-state index in [0.29, 0.717) is 11.8 Å². The van der Waals surface area contributed by atoms with Crippen molar-refractivity contribution in [3.8, 4) is 0 Å². The van der Waals surface area contributed by atoms with E-state index in [0.717, 1.165) is 37.6 Å². The topological polar surface area (TPSA) is 21.3 Å². The van der Waals surface area contributed by atoms with E-state index in [9.17, 15) is 0 Å². The van der Waals surface area contributed by atoms with Crippen molar-refractivity contribution in [1.82, 2.24) is 5.32 Å². The Morgan fingerprint density at radius 2 is 1.74 bits per heavy atom. The molecule has 1 aromatic carbocycles. The van der Waals surface area contributed by atoms with Crippen LogP contribution >= 0.6 is 11.6 Å². The fourth-order valence-electron chi connectivity index (χ4n) is 2.01. The van der Waals surface area contributed by atoms with Gasteiger partial charge in [0, 0.05) is 24.8 Å². The second-order valence-electron chi connectivity index (χ2n) is 5.39. The summed E-state index contributed by atoms with van der Waals surface area (Å²) in [6, 6.07) is 8.13. The third-order valence-electron chi connectivity index (χ3n) is 3.24. The molecule has 1 rings (SSSR count). The second-order valence-corrected chi connectivity index (χ2v) is 5.83. The highest BCUT2D eigenvalue weighted by Gasteiger charge is 2.10. The Morgan fingerprint density at radius 3 is 2.32 bits per heavy atom. The molecule has 1 atom stereocenters. The Bertz CT molecular complexity index is 337. The Morgan fingerprint density at radius 1 is 1.11 bits per heavy atom. The van der Waals surface area contributed by atoms with E-state index in [4.69, 9.17) is 16.3 Å². The van der Waals surface area contributed by atoms with Crippen LogP contribution in [0.4, 0.5) is 0 Å². The molecular formula is C16H26ClNO. The van der Waals surface area contributed by atoms with Gasteiger partial charge in [-0.2, -0.15) is 0 Å². The number of hydrogen-bond acceptors (Lipinski definition) is 2. The first-order valence-corrected chi connectivity index (χ1v) is 7.49. The molecule has 0 spiro atoms. The SMILES string of the molecule is CNCC(CCOCCC(C)C)c1ccc(Cl)cc1. The molecule has 3 heteroatoms. The first kappa shape index (κ1) is 16.5. The van der Waals surface area contributed by atoms with Gasteiger partial charge in [0.1, 0.15) is 0 Å². The van der Waals surface area contributed by atoms with Gasteiger partial charge in [-0.1, -0.05) is 37.6 Å². The van der Waals surface area contributed by atoms with Crippen LogP contribution < -0.4 is 5.32 Å². The summed E-state index contributed by atoms with van der Waals surface area (Å²) in [5.41, 5.74) is 1.33. The molecule has 1 unspecified atom stereocenters. The smallest absolute Gasteiger partial charge is 0.0472 e. The van der Waals surface area contributed by atoms with Gasteiger partial charge in [-0.25, -0.2) is 0 Å². The van der Waals surface area contributed by atoms with Gasteiger partial charge in [0.2, 0.25) is 0 Å². The molecule has 0 fully saturated rings. The van der Waals surface area contributed by atoms with Gasteiger partial charge in [-0.15, -0.1) is 0 Å². The standard InChI is InChI=1S/C16H26ClNO/c1-13(2)8-10-19-11-9-15(12-18-3)14-4-6-16(17)7-5-14/h4-7,13,15,18H,8-12H2,1-3H3. The van der Waals surface area contributed by atoms with Crippen LogP contribution in [0.5, 0.6) is 0 Å². The summed E-state index contributed by atoms with van der Waals surface area (Å²) in [4.78, 5) is 0. The monoisotopic (exact) mass is 283 g/mol. The quantitative estimate of drug-likeness (QED) is 0.689. The number of benzene rings is 1. The third-order valence-corrected chi connectivity index (χ3v) is 3.49. The van der Waals surface area contributed by atoms with Crippen molar-refractivity contribution in [3.05, 3.63) is 34.9 Å². The maximum atomic E-state index is 5.93. The average molecular weight is 284 g/mol. The summed E-state index contributed by atoms with van der Waals surface area (Å²) in [7, 11) is 1.99. The summed E-state index contributed by atoms with van der Waals surface area (Å²) in [5.74, 6) is 1.20. The lowest BCUT2D eigenvalue weighted by Crippen LogP contribution is -2.19. The number of likely N-dealkylation sites (N-methyl/N-ethyl adjacent to an activating group) is 1. The van der Waals surface area contributed by atoms with Crippen LogP contribution in [0.15, 0.2) is 24.3 Å². The number of rotatable bonds is 9. The van der Waals surface area contributed by atoms with Crippen LogP contribution in [0.3, 0.4) is 0 Å². The van der Waals surface area contributed by atoms with Crippen molar-refractivity contribution in [1.29, 1.82) is 0 Å².